The molecule has 0 saturated carbocycles. The zero-order valence-electron chi connectivity index (χ0n) is 8.65. The summed E-state index contributed by atoms with van der Waals surface area (Å²) in [6.07, 6.45) is 1.93. The van der Waals surface area contributed by atoms with Crippen LogP contribution in [0.4, 0.5) is 0 Å². The second-order valence-electron chi connectivity index (χ2n) is 4.47. The van der Waals surface area contributed by atoms with Crippen molar-refractivity contribution in [2.24, 2.45) is 0 Å². The van der Waals surface area contributed by atoms with Gasteiger partial charge < -0.3 is 0 Å². The second kappa shape index (κ2) is 3.13. The monoisotopic (exact) mass is 248 g/mol. The van der Waals surface area contributed by atoms with Crippen LogP contribution in [0.1, 0.15) is 20.8 Å². The Balaban J connectivity index is 2.70. The van der Waals surface area contributed by atoms with E-state index in [1.807, 2.05) is 6.20 Å². The third kappa shape index (κ3) is 1.59. The van der Waals surface area contributed by atoms with E-state index < -0.39 is 0 Å². The molecule has 2 rings (SSSR count). The van der Waals surface area contributed by atoms with Gasteiger partial charge in [-0.25, -0.2) is 0 Å². The Morgan fingerprint density at radius 2 is 2.00 bits per heavy atom. The minimum atomic E-state index is 0.0475. The Kier molecular flexibility index (Phi) is 2.19. The fourth-order valence-electron chi connectivity index (χ4n) is 1.55. The van der Waals surface area contributed by atoms with E-state index in [4.69, 9.17) is 0 Å². The van der Waals surface area contributed by atoms with Crippen LogP contribution in [0.15, 0.2) is 24.4 Å². The average molecular weight is 248 g/mol. The molecule has 3 heteroatoms. The van der Waals surface area contributed by atoms with Crippen molar-refractivity contribution in [1.82, 2.24) is 9.78 Å². The summed E-state index contributed by atoms with van der Waals surface area (Å²) in [4.78, 5) is 0. The number of nitrogens with zero attached hydrogens (tertiary/aromatic N) is 2. The van der Waals surface area contributed by atoms with Crippen molar-refractivity contribution in [3.63, 3.8) is 0 Å². The fraction of sp³-hybridized carbons (Fsp3) is 0.364. The maximum absolute atomic E-state index is 4.42. The van der Waals surface area contributed by atoms with Gasteiger partial charge >= 0.3 is 92.6 Å². The van der Waals surface area contributed by atoms with Crippen LogP contribution in [-0.4, -0.2) is 26.6 Å². The number of fused-ring (bicyclic) bond motifs is 1. The fourth-order valence-corrected chi connectivity index (χ4v) is 2.00. The quantitative estimate of drug-likeness (QED) is 0.647. The Hall–Kier alpha value is -0.752. The van der Waals surface area contributed by atoms with Gasteiger partial charge in [0.25, 0.3) is 0 Å². The van der Waals surface area contributed by atoms with E-state index in [0.29, 0.717) is 0 Å². The molecule has 14 heavy (non-hydrogen) atoms. The van der Waals surface area contributed by atoms with Gasteiger partial charge in [0.2, 0.25) is 0 Å². The van der Waals surface area contributed by atoms with Crippen LogP contribution in [0, 0.1) is 0 Å². The predicted molar refractivity (Wildman–Crippen MR) is 60.1 cm³/mol. The molecule has 0 fully saturated rings. The molecule has 0 bridgehead atoms. The summed E-state index contributed by atoms with van der Waals surface area (Å²) in [5.41, 5.74) is 1.25. The summed E-state index contributed by atoms with van der Waals surface area (Å²) >= 11 is 2.56. The Morgan fingerprint density at radius 1 is 1.29 bits per heavy atom. The van der Waals surface area contributed by atoms with Gasteiger partial charge in [0.1, 0.15) is 0 Å². The molecule has 1 aromatic heterocycles. The molecular formula is C11H13AsN2. The molecule has 0 aliphatic carbocycles. The van der Waals surface area contributed by atoms with Crippen molar-refractivity contribution in [2.45, 2.75) is 26.3 Å². The van der Waals surface area contributed by atoms with Gasteiger partial charge in [0.05, 0.1) is 0 Å². The molecule has 0 atom stereocenters. The van der Waals surface area contributed by atoms with Crippen molar-refractivity contribution in [2.75, 3.05) is 0 Å². The first kappa shape index (κ1) is 9.79. The van der Waals surface area contributed by atoms with Crippen molar-refractivity contribution < 1.29 is 0 Å². The van der Waals surface area contributed by atoms with Crippen LogP contribution in [0.25, 0.3) is 10.9 Å². The third-order valence-corrected chi connectivity index (χ3v) is 2.77. The van der Waals surface area contributed by atoms with E-state index in [1.165, 1.54) is 15.3 Å². The first-order valence-electron chi connectivity index (χ1n) is 4.66. The molecule has 0 aliphatic heterocycles. The molecule has 0 aliphatic rings. The number of hydrogen-bond donors (Lipinski definition) is 0. The molecule has 0 unspecified atom stereocenters. The normalized spacial score (nSPS) is 12.3. The SMILES string of the molecule is CC(C)(C)n1ncc2cc([As])ccc21. The zero-order valence-corrected chi connectivity index (χ0v) is 10.5. The summed E-state index contributed by atoms with van der Waals surface area (Å²) in [5, 5.41) is 5.62. The number of benzene rings is 1. The summed E-state index contributed by atoms with van der Waals surface area (Å²) in [5.74, 6) is 0. The van der Waals surface area contributed by atoms with E-state index in [-0.39, 0.29) is 5.54 Å². The molecule has 2 aromatic rings. The maximum atomic E-state index is 4.42. The summed E-state index contributed by atoms with van der Waals surface area (Å²) < 4.78 is 3.29. The Bertz CT molecular complexity index is 466. The van der Waals surface area contributed by atoms with Gasteiger partial charge in [-0.1, -0.05) is 0 Å². The molecule has 2 nitrogen and oxygen atoms in total. The minimum absolute atomic E-state index is 0.0475. The van der Waals surface area contributed by atoms with Crippen molar-refractivity contribution in [3.8, 4) is 0 Å². The second-order valence-corrected chi connectivity index (χ2v) is 5.55. The van der Waals surface area contributed by atoms with Gasteiger partial charge in [-0.15, -0.1) is 0 Å². The molecule has 2 radical (unpaired) electrons. The molecule has 0 saturated heterocycles. The van der Waals surface area contributed by atoms with E-state index in [9.17, 15) is 0 Å². The first-order chi connectivity index (χ1) is 6.48. The van der Waals surface area contributed by atoms with E-state index in [0.717, 1.165) is 0 Å². The van der Waals surface area contributed by atoms with Crippen molar-refractivity contribution in [1.29, 1.82) is 0 Å². The van der Waals surface area contributed by atoms with Crippen molar-refractivity contribution >= 4 is 32.1 Å². The van der Waals surface area contributed by atoms with Crippen LogP contribution >= 0.6 is 0 Å². The molecular weight excluding hydrogens is 235 g/mol. The zero-order chi connectivity index (χ0) is 10.3. The standard InChI is InChI=1S/C11H13AsN2/c1-11(2,3)14-10-5-4-9(12)6-8(10)7-13-14/h4-7H,1-3H3. The number of rotatable bonds is 0. The first-order valence-corrected chi connectivity index (χ1v) is 5.59. The molecule has 1 aromatic carbocycles. The summed E-state index contributed by atoms with van der Waals surface area (Å²) in [7, 11) is 0. The molecule has 1 heterocycles. The Labute approximate surface area is 92.8 Å². The van der Waals surface area contributed by atoms with Gasteiger partial charge in [0, 0.05) is 0 Å². The summed E-state index contributed by atoms with van der Waals surface area (Å²) in [6, 6.07) is 6.37. The number of aromatic nitrogens is 2. The van der Waals surface area contributed by atoms with E-state index in [1.54, 1.807) is 0 Å². The molecule has 0 spiro atoms. The average Bonchev–Trinajstić information content (AvgIpc) is 2.45. The van der Waals surface area contributed by atoms with Crippen LogP contribution in [0.2, 0.25) is 0 Å². The van der Waals surface area contributed by atoms with Gasteiger partial charge in [0.15, 0.2) is 0 Å². The summed E-state index contributed by atoms with van der Waals surface area (Å²) in [6.45, 7) is 6.49. The van der Waals surface area contributed by atoms with Crippen molar-refractivity contribution in [3.05, 3.63) is 24.4 Å². The van der Waals surface area contributed by atoms with Crippen LogP contribution < -0.4 is 4.35 Å². The molecule has 0 N–H and O–H groups in total. The Morgan fingerprint density at radius 3 is 2.64 bits per heavy atom. The van der Waals surface area contributed by atoms with Gasteiger partial charge in [-0.05, 0) is 0 Å². The van der Waals surface area contributed by atoms with E-state index >= 15 is 0 Å². The van der Waals surface area contributed by atoms with Crippen LogP contribution in [0.3, 0.4) is 0 Å². The molecule has 72 valence electrons. The third-order valence-electron chi connectivity index (χ3n) is 2.19. The topological polar surface area (TPSA) is 17.8 Å². The van der Waals surface area contributed by atoms with Crippen LogP contribution in [0.5, 0.6) is 0 Å². The van der Waals surface area contributed by atoms with Gasteiger partial charge in [-0.3, -0.25) is 0 Å². The predicted octanol–water partition coefficient (Wildman–Crippen LogP) is 1.59. The van der Waals surface area contributed by atoms with Crippen LogP contribution in [-0.2, 0) is 5.54 Å². The number of hydrogen-bond acceptors (Lipinski definition) is 1. The van der Waals surface area contributed by atoms with E-state index in [2.05, 4.69) is 65.6 Å². The molecule has 0 amide bonds. The van der Waals surface area contributed by atoms with Gasteiger partial charge in [-0.2, -0.15) is 0 Å².